The minimum Gasteiger partial charge on any atom is -0.297 e. The van der Waals surface area contributed by atoms with E-state index in [9.17, 15) is 9.36 Å². The van der Waals surface area contributed by atoms with Crippen molar-refractivity contribution in [1.29, 1.82) is 0 Å². The molecule has 1 N–H and O–H groups in total. The molecule has 1 atom stereocenters. The number of nitrogens with zero attached hydrogens (tertiary/aromatic N) is 2. The molecular weight excluding hydrogens is 380 g/mol. The number of anilines is 1. The first-order valence-corrected chi connectivity index (χ1v) is 10.3. The lowest BCUT2D eigenvalue weighted by Gasteiger charge is -2.43. The summed E-state index contributed by atoms with van der Waals surface area (Å²) in [4.78, 5) is 13.0. The molecule has 0 aliphatic carbocycles. The molecule has 0 saturated carbocycles. The van der Waals surface area contributed by atoms with E-state index in [1.165, 1.54) is 4.67 Å². The van der Waals surface area contributed by atoms with Gasteiger partial charge in [-0.2, -0.15) is 0 Å². The highest BCUT2D eigenvalue weighted by atomic mass is 35.5. The largest absolute Gasteiger partial charge is 0.335 e. The smallest absolute Gasteiger partial charge is 0.297 e. The number of amides is 1. The van der Waals surface area contributed by atoms with E-state index in [2.05, 4.69) is 5.09 Å². The number of benzene rings is 2. The molecule has 0 fully saturated rings. The summed E-state index contributed by atoms with van der Waals surface area (Å²) in [6.45, 7) is 0.539. The molecule has 5 nitrogen and oxygen atoms in total. The number of carbonyl (C=O) groups is 1. The minimum absolute atomic E-state index is 0.210. The number of alkyl halides is 1. The van der Waals surface area contributed by atoms with Crippen LogP contribution in [0.15, 0.2) is 48.5 Å². The van der Waals surface area contributed by atoms with Crippen LogP contribution in [0.1, 0.15) is 15.9 Å². The summed E-state index contributed by atoms with van der Waals surface area (Å²) in [5.41, 5.74) is 2.02. The first-order chi connectivity index (χ1) is 12.0. The van der Waals surface area contributed by atoms with Crippen molar-refractivity contribution in [1.82, 2.24) is 9.76 Å². The van der Waals surface area contributed by atoms with Crippen molar-refractivity contribution in [3.8, 4) is 0 Å². The van der Waals surface area contributed by atoms with Gasteiger partial charge < -0.3 is 0 Å². The van der Waals surface area contributed by atoms with Crippen LogP contribution in [0.3, 0.4) is 0 Å². The molecule has 2 aromatic rings. The second kappa shape index (κ2) is 7.38. The third-order valence-electron chi connectivity index (χ3n) is 4.11. The second-order valence-electron chi connectivity index (χ2n) is 5.67. The van der Waals surface area contributed by atoms with Gasteiger partial charge in [0.1, 0.15) is 0 Å². The molecular formula is C17H18Cl2N3O2P. The normalized spacial score (nSPS) is 19.9. The van der Waals surface area contributed by atoms with E-state index in [0.29, 0.717) is 28.7 Å². The summed E-state index contributed by atoms with van der Waals surface area (Å²) in [7, 11) is -1.62. The fraction of sp³-hybridized carbons (Fsp3) is 0.235. The molecule has 0 spiro atoms. The van der Waals surface area contributed by atoms with Gasteiger partial charge in [0.25, 0.3) is 5.91 Å². The average molecular weight is 398 g/mol. The van der Waals surface area contributed by atoms with Crippen LogP contribution < -0.4 is 9.76 Å². The SMILES string of the molecule is CN1c2ccccc2C(=O)N(Cc2ccc(Cl)cc2)P1(=O)NCCCl. The Hall–Kier alpha value is -1.52. The Bertz CT molecular complexity index is 829. The summed E-state index contributed by atoms with van der Waals surface area (Å²) in [5.74, 6) is 0.0247. The molecule has 25 heavy (non-hydrogen) atoms. The number of para-hydroxylation sites is 1. The standard InChI is InChI=1S/C17H18Cl2N3O2P/c1-21-16-5-3-2-4-15(16)17(23)22(25(21,24)20-11-10-18)12-13-6-8-14(19)9-7-13/h2-9H,10-12H2,1H3,(H,20,24). The van der Waals surface area contributed by atoms with Crippen molar-refractivity contribution >= 4 is 42.4 Å². The summed E-state index contributed by atoms with van der Waals surface area (Å²) in [6, 6.07) is 14.3. The van der Waals surface area contributed by atoms with Gasteiger partial charge in [0, 0.05) is 24.5 Å². The van der Waals surface area contributed by atoms with Gasteiger partial charge in [-0.05, 0) is 29.8 Å². The van der Waals surface area contributed by atoms with Gasteiger partial charge in [-0.1, -0.05) is 35.9 Å². The zero-order valence-electron chi connectivity index (χ0n) is 13.7. The summed E-state index contributed by atoms with van der Waals surface area (Å²) >= 11 is 11.7. The molecule has 1 amide bonds. The molecule has 8 heteroatoms. The number of halogens is 2. The van der Waals surface area contributed by atoms with E-state index in [1.807, 2.05) is 18.2 Å². The van der Waals surface area contributed by atoms with E-state index in [1.54, 1.807) is 42.0 Å². The molecule has 1 unspecified atom stereocenters. The first-order valence-electron chi connectivity index (χ1n) is 7.78. The Morgan fingerprint density at radius 3 is 2.48 bits per heavy atom. The molecule has 1 aliphatic rings. The Morgan fingerprint density at radius 1 is 1.12 bits per heavy atom. The van der Waals surface area contributed by atoms with Gasteiger partial charge >= 0.3 is 7.59 Å². The second-order valence-corrected chi connectivity index (χ2v) is 8.97. The monoisotopic (exact) mass is 397 g/mol. The lowest BCUT2D eigenvalue weighted by Crippen LogP contribution is -2.44. The Kier molecular flexibility index (Phi) is 5.40. The number of hydrogen-bond donors (Lipinski definition) is 1. The van der Waals surface area contributed by atoms with Gasteiger partial charge in [-0.3, -0.25) is 18.7 Å². The molecule has 0 bridgehead atoms. The third-order valence-corrected chi connectivity index (χ3v) is 7.19. The van der Waals surface area contributed by atoms with Crippen molar-refractivity contribution in [3.05, 3.63) is 64.7 Å². The highest BCUT2D eigenvalue weighted by Gasteiger charge is 2.44. The lowest BCUT2D eigenvalue weighted by molar-refractivity contribution is 0.0846. The number of carbonyl (C=O) groups excluding carboxylic acids is 1. The molecule has 1 heterocycles. The van der Waals surface area contributed by atoms with E-state index in [0.717, 1.165) is 5.56 Å². The van der Waals surface area contributed by atoms with Crippen LogP contribution >= 0.6 is 30.8 Å². The maximum Gasteiger partial charge on any atom is 0.335 e. The van der Waals surface area contributed by atoms with Crippen LogP contribution in [0, 0.1) is 0 Å². The van der Waals surface area contributed by atoms with Crippen LogP contribution in [-0.4, -0.2) is 30.1 Å². The van der Waals surface area contributed by atoms with E-state index in [4.69, 9.17) is 23.2 Å². The van der Waals surface area contributed by atoms with Gasteiger partial charge in [0.05, 0.1) is 17.8 Å². The van der Waals surface area contributed by atoms with Crippen molar-refractivity contribution in [2.75, 3.05) is 24.1 Å². The zero-order chi connectivity index (χ0) is 18.0. The van der Waals surface area contributed by atoms with Crippen LogP contribution in [0.4, 0.5) is 5.69 Å². The summed E-state index contributed by atoms with van der Waals surface area (Å²) in [5, 5.41) is 3.59. The number of nitrogens with one attached hydrogen (secondary N) is 1. The molecule has 132 valence electrons. The van der Waals surface area contributed by atoms with Gasteiger partial charge in [0.2, 0.25) is 0 Å². The van der Waals surface area contributed by atoms with Gasteiger partial charge in [-0.25, -0.2) is 5.09 Å². The molecule has 0 saturated heterocycles. The van der Waals surface area contributed by atoms with E-state index < -0.39 is 7.59 Å². The fourth-order valence-electron chi connectivity index (χ4n) is 2.82. The lowest BCUT2D eigenvalue weighted by atomic mass is 10.1. The van der Waals surface area contributed by atoms with Crippen LogP contribution in [0.25, 0.3) is 0 Å². The third kappa shape index (κ3) is 3.42. The average Bonchev–Trinajstić information content (AvgIpc) is 2.63. The van der Waals surface area contributed by atoms with Crippen molar-refractivity contribution in [2.45, 2.75) is 6.54 Å². The maximum atomic E-state index is 13.7. The molecule has 0 aromatic heterocycles. The predicted molar refractivity (Wildman–Crippen MR) is 102 cm³/mol. The fourth-order valence-corrected chi connectivity index (χ4v) is 5.45. The van der Waals surface area contributed by atoms with Gasteiger partial charge in [0.15, 0.2) is 0 Å². The first kappa shape index (κ1) is 18.3. The maximum absolute atomic E-state index is 13.7. The van der Waals surface area contributed by atoms with Gasteiger partial charge in [-0.15, -0.1) is 11.6 Å². The van der Waals surface area contributed by atoms with Crippen molar-refractivity contribution in [2.24, 2.45) is 0 Å². The highest BCUT2D eigenvalue weighted by molar-refractivity contribution is 7.62. The minimum atomic E-state index is -3.35. The number of rotatable bonds is 5. The molecule has 0 radical (unpaired) electrons. The number of hydrogen-bond acceptors (Lipinski definition) is 2. The summed E-state index contributed by atoms with van der Waals surface area (Å²) < 4.78 is 16.8. The van der Waals surface area contributed by atoms with Crippen molar-refractivity contribution in [3.63, 3.8) is 0 Å². The zero-order valence-corrected chi connectivity index (χ0v) is 16.1. The van der Waals surface area contributed by atoms with Crippen LogP contribution in [-0.2, 0) is 11.1 Å². The van der Waals surface area contributed by atoms with E-state index in [-0.39, 0.29) is 12.5 Å². The highest BCUT2D eigenvalue weighted by Crippen LogP contribution is 2.56. The van der Waals surface area contributed by atoms with Crippen molar-refractivity contribution < 1.29 is 9.36 Å². The van der Waals surface area contributed by atoms with Crippen LogP contribution in [0.2, 0.25) is 5.02 Å². The van der Waals surface area contributed by atoms with Crippen LogP contribution in [0.5, 0.6) is 0 Å². The number of fused-ring (bicyclic) bond motifs is 1. The summed E-state index contributed by atoms with van der Waals surface area (Å²) in [6.07, 6.45) is 0. The topological polar surface area (TPSA) is 52.7 Å². The molecule has 2 aromatic carbocycles. The quantitative estimate of drug-likeness (QED) is 0.601. The molecule has 1 aliphatic heterocycles. The predicted octanol–water partition coefficient (Wildman–Crippen LogP) is 4.37. The Labute approximate surface area is 157 Å². The Balaban J connectivity index is 2.04. The molecule has 3 rings (SSSR count). The van der Waals surface area contributed by atoms with E-state index >= 15 is 0 Å². The Morgan fingerprint density at radius 2 is 1.80 bits per heavy atom.